The number of cyclic esters (lactones) is 1. The van der Waals surface area contributed by atoms with Crippen molar-refractivity contribution in [3.63, 3.8) is 0 Å². The molecule has 0 bridgehead atoms. The smallest absolute Gasteiger partial charge is 0.324 e. The van der Waals surface area contributed by atoms with Gasteiger partial charge in [-0.05, 0) is 0 Å². The number of rotatable bonds is 2. The Kier molecular flexibility index (Phi) is 3.00. The van der Waals surface area contributed by atoms with Crippen LogP contribution < -0.4 is 5.32 Å². The molecule has 6 nitrogen and oxygen atoms in total. The molecule has 1 aromatic carbocycles. The van der Waals surface area contributed by atoms with E-state index in [9.17, 15) is 19.2 Å². The molecule has 1 aromatic rings. The number of ketones is 3. The monoisotopic (exact) mass is 325 g/mol. The lowest BCUT2D eigenvalue weighted by Crippen LogP contribution is -2.55. The Morgan fingerprint density at radius 2 is 1.88 bits per heavy atom. The van der Waals surface area contributed by atoms with Crippen LogP contribution in [-0.4, -0.2) is 36.5 Å². The Balaban J connectivity index is 2.03. The predicted octanol–water partition coefficient (Wildman–Crippen LogP) is 1.06. The summed E-state index contributed by atoms with van der Waals surface area (Å²) < 4.78 is 5.15. The lowest BCUT2D eigenvalue weighted by molar-refractivity contribution is -0.149. The Bertz CT molecular complexity index is 853. The first-order chi connectivity index (χ1) is 11.5. The highest BCUT2D eigenvalue weighted by Gasteiger charge is 2.64. The second-order valence-electron chi connectivity index (χ2n) is 6.21. The van der Waals surface area contributed by atoms with Gasteiger partial charge in [0, 0.05) is 30.0 Å². The lowest BCUT2D eigenvalue weighted by Gasteiger charge is -2.39. The van der Waals surface area contributed by atoms with Gasteiger partial charge in [-0.1, -0.05) is 31.2 Å². The van der Waals surface area contributed by atoms with Crippen molar-refractivity contribution in [3.05, 3.63) is 46.7 Å². The summed E-state index contributed by atoms with van der Waals surface area (Å²) in [6, 6.07) is 6.46. The van der Waals surface area contributed by atoms with Gasteiger partial charge in [-0.3, -0.25) is 19.2 Å². The zero-order valence-electron chi connectivity index (χ0n) is 13.0. The van der Waals surface area contributed by atoms with Crippen LogP contribution in [0.1, 0.15) is 34.1 Å². The number of hydrogen-bond acceptors (Lipinski definition) is 6. The van der Waals surface area contributed by atoms with E-state index in [4.69, 9.17) is 4.74 Å². The van der Waals surface area contributed by atoms with Crippen molar-refractivity contribution in [1.29, 1.82) is 0 Å². The highest BCUT2D eigenvalue weighted by atomic mass is 16.5. The van der Waals surface area contributed by atoms with E-state index in [0.717, 1.165) is 0 Å². The number of carbonyl (C=O) groups is 4. The van der Waals surface area contributed by atoms with Crippen LogP contribution in [0.15, 0.2) is 35.5 Å². The van der Waals surface area contributed by atoms with Crippen molar-refractivity contribution >= 4 is 23.3 Å². The van der Waals surface area contributed by atoms with Crippen LogP contribution in [0.4, 0.5) is 0 Å². The van der Waals surface area contributed by atoms with E-state index in [1.54, 1.807) is 31.2 Å². The van der Waals surface area contributed by atoms with Crippen LogP contribution >= 0.6 is 0 Å². The molecule has 1 fully saturated rings. The molecule has 0 saturated carbocycles. The summed E-state index contributed by atoms with van der Waals surface area (Å²) in [4.78, 5) is 51.3. The van der Waals surface area contributed by atoms with Gasteiger partial charge in [0.2, 0.25) is 5.78 Å². The molecule has 0 radical (unpaired) electrons. The molecule has 2 heterocycles. The van der Waals surface area contributed by atoms with Crippen LogP contribution in [0.3, 0.4) is 0 Å². The number of Topliss-reactive ketones (excluding diaryl/α,β-unsaturated/α-hetero) is 3. The first kappa shape index (κ1) is 14.8. The van der Waals surface area contributed by atoms with E-state index in [0.29, 0.717) is 0 Å². The average Bonchev–Trinajstić information content (AvgIpc) is 2.96. The maximum atomic E-state index is 13.1. The summed E-state index contributed by atoms with van der Waals surface area (Å²) in [5.74, 6) is -2.36. The molecule has 4 rings (SSSR count). The minimum absolute atomic E-state index is 0.0307. The molecule has 1 saturated heterocycles. The zero-order valence-corrected chi connectivity index (χ0v) is 13.0. The van der Waals surface area contributed by atoms with Gasteiger partial charge < -0.3 is 10.1 Å². The normalized spacial score (nSPS) is 27.9. The molecule has 1 N–H and O–H groups in total. The van der Waals surface area contributed by atoms with Crippen molar-refractivity contribution in [3.8, 4) is 0 Å². The molecule has 2 atom stereocenters. The number of nitrogens with one attached hydrogen (secondary N) is 1. The van der Waals surface area contributed by atoms with E-state index in [2.05, 4.69) is 5.32 Å². The van der Waals surface area contributed by atoms with Crippen LogP contribution in [0, 0.1) is 11.3 Å². The number of allylic oxidation sites excluding steroid dienone is 1. The Labute approximate surface area is 137 Å². The summed E-state index contributed by atoms with van der Waals surface area (Å²) in [6.07, 6.45) is 0.0888. The average molecular weight is 325 g/mol. The van der Waals surface area contributed by atoms with Gasteiger partial charge in [0.25, 0.3) is 0 Å². The number of fused-ring (bicyclic) bond motifs is 3. The van der Waals surface area contributed by atoms with Crippen molar-refractivity contribution in [2.45, 2.75) is 13.3 Å². The molecule has 0 spiro atoms. The summed E-state index contributed by atoms with van der Waals surface area (Å²) >= 11 is 0. The number of hydrogen-bond donors (Lipinski definition) is 1. The molecule has 6 heteroatoms. The van der Waals surface area contributed by atoms with E-state index in [1.165, 1.54) is 0 Å². The Hall–Kier alpha value is -2.76. The van der Waals surface area contributed by atoms with Gasteiger partial charge in [0.1, 0.15) is 0 Å². The van der Waals surface area contributed by atoms with E-state index in [1.807, 2.05) is 0 Å². The number of benzene rings is 1. The first-order valence-corrected chi connectivity index (χ1v) is 7.91. The van der Waals surface area contributed by atoms with Gasteiger partial charge in [-0.25, -0.2) is 0 Å². The van der Waals surface area contributed by atoms with Crippen LogP contribution in [-0.2, 0) is 14.3 Å². The van der Waals surface area contributed by atoms with Crippen LogP contribution in [0.5, 0.6) is 0 Å². The standard InChI is InChI=1S/C18H15NO5/c1-2-12(20)18-9(8-24-17(18)23)7-19-14-13(18)15(21)10-5-3-4-6-11(10)16(14)22/h3-6,9,19H,2,7-8H2,1H3/t9-,18-/m0/s1. The van der Waals surface area contributed by atoms with Crippen molar-refractivity contribution in [2.75, 3.05) is 13.2 Å². The maximum absolute atomic E-state index is 13.1. The molecule has 0 unspecified atom stereocenters. The van der Waals surface area contributed by atoms with Gasteiger partial charge in [-0.15, -0.1) is 0 Å². The molecule has 1 aliphatic carbocycles. The number of carbonyl (C=O) groups excluding carboxylic acids is 4. The highest BCUT2D eigenvalue weighted by Crippen LogP contribution is 2.49. The summed E-state index contributed by atoms with van der Waals surface area (Å²) in [6.45, 7) is 1.96. The minimum atomic E-state index is -1.66. The van der Waals surface area contributed by atoms with Gasteiger partial charge in [-0.2, -0.15) is 0 Å². The minimum Gasteiger partial charge on any atom is -0.464 e. The third kappa shape index (κ3) is 1.55. The molecule has 0 aromatic heterocycles. The summed E-state index contributed by atoms with van der Waals surface area (Å²) in [5, 5.41) is 2.96. The maximum Gasteiger partial charge on any atom is 0.324 e. The second-order valence-corrected chi connectivity index (χ2v) is 6.21. The van der Waals surface area contributed by atoms with E-state index >= 15 is 0 Å². The van der Waals surface area contributed by atoms with E-state index in [-0.39, 0.29) is 53.5 Å². The van der Waals surface area contributed by atoms with Gasteiger partial charge in [0.05, 0.1) is 17.9 Å². The topological polar surface area (TPSA) is 89.5 Å². The van der Waals surface area contributed by atoms with Crippen molar-refractivity contribution < 1.29 is 23.9 Å². The third-order valence-electron chi connectivity index (χ3n) is 5.15. The fraction of sp³-hybridized carbons (Fsp3) is 0.333. The quantitative estimate of drug-likeness (QED) is 0.646. The molecular formula is C18H15NO5. The van der Waals surface area contributed by atoms with Gasteiger partial charge in [0.15, 0.2) is 17.0 Å². The zero-order chi connectivity index (χ0) is 17.1. The lowest BCUT2D eigenvalue weighted by atomic mass is 9.61. The second kappa shape index (κ2) is 4.87. The summed E-state index contributed by atoms with van der Waals surface area (Å²) in [5.41, 5.74) is -1.10. The Morgan fingerprint density at radius 1 is 1.21 bits per heavy atom. The summed E-state index contributed by atoms with van der Waals surface area (Å²) in [7, 11) is 0. The Morgan fingerprint density at radius 3 is 2.54 bits per heavy atom. The number of ether oxygens (including phenoxy) is 1. The predicted molar refractivity (Wildman–Crippen MR) is 82.3 cm³/mol. The molecular weight excluding hydrogens is 310 g/mol. The molecule has 24 heavy (non-hydrogen) atoms. The molecule has 0 amide bonds. The molecule has 2 aliphatic heterocycles. The molecule has 122 valence electrons. The SMILES string of the molecule is CCC(=O)[C@@]12C(=O)OC[C@@H]1CNC1=C2C(=O)c2ccccc2C1=O. The largest absolute Gasteiger partial charge is 0.464 e. The molecule has 3 aliphatic rings. The first-order valence-electron chi connectivity index (χ1n) is 7.91. The van der Waals surface area contributed by atoms with Crippen LogP contribution in [0.25, 0.3) is 0 Å². The van der Waals surface area contributed by atoms with Gasteiger partial charge >= 0.3 is 5.97 Å². The van der Waals surface area contributed by atoms with Crippen molar-refractivity contribution in [1.82, 2.24) is 5.32 Å². The number of esters is 1. The highest BCUT2D eigenvalue weighted by molar-refractivity contribution is 6.31. The fourth-order valence-corrected chi connectivity index (χ4v) is 4.01. The third-order valence-corrected chi connectivity index (χ3v) is 5.15. The van der Waals surface area contributed by atoms with Crippen molar-refractivity contribution in [2.24, 2.45) is 11.3 Å². The van der Waals surface area contributed by atoms with E-state index < -0.39 is 23.1 Å². The van der Waals surface area contributed by atoms with Crippen LogP contribution in [0.2, 0.25) is 0 Å². The fourth-order valence-electron chi connectivity index (χ4n) is 4.01.